The molecule has 0 aliphatic heterocycles. The fourth-order valence-corrected chi connectivity index (χ4v) is 4.44. The number of rotatable bonds is 7. The number of benzene rings is 1. The molecule has 1 saturated carbocycles. The van der Waals surface area contributed by atoms with Crippen LogP contribution in [0.25, 0.3) is 11.4 Å². The standard InChI is InChI=1S/C19H19FN4OS2/c1-12(16-7-4-10-26-16)21-17(25)11-27-19-23-22-18(24(19)13-8-9-13)14-5-2-3-6-15(14)20/h2-7,10,12-13H,8-9,11H2,1H3,(H,21,25)/t12-/m1/s1. The first-order chi connectivity index (χ1) is 13.1. The smallest absolute Gasteiger partial charge is 0.230 e. The molecule has 140 valence electrons. The van der Waals surface area contributed by atoms with Gasteiger partial charge in [-0.15, -0.1) is 21.5 Å². The van der Waals surface area contributed by atoms with Crippen molar-refractivity contribution in [2.24, 2.45) is 0 Å². The van der Waals surface area contributed by atoms with E-state index in [0.29, 0.717) is 16.5 Å². The topological polar surface area (TPSA) is 59.8 Å². The maximum absolute atomic E-state index is 14.2. The average Bonchev–Trinajstić information content (AvgIpc) is 3.18. The molecule has 27 heavy (non-hydrogen) atoms. The van der Waals surface area contributed by atoms with Gasteiger partial charge in [0.2, 0.25) is 5.91 Å². The second-order valence-electron chi connectivity index (χ2n) is 6.48. The van der Waals surface area contributed by atoms with Crippen molar-refractivity contribution in [3.63, 3.8) is 0 Å². The van der Waals surface area contributed by atoms with Gasteiger partial charge in [0.15, 0.2) is 11.0 Å². The van der Waals surface area contributed by atoms with Crippen LogP contribution in [0.3, 0.4) is 0 Å². The first-order valence-corrected chi connectivity index (χ1v) is 10.7. The quantitative estimate of drug-likeness (QED) is 0.593. The van der Waals surface area contributed by atoms with Crippen LogP contribution in [0.5, 0.6) is 0 Å². The van der Waals surface area contributed by atoms with Gasteiger partial charge >= 0.3 is 0 Å². The van der Waals surface area contributed by atoms with Gasteiger partial charge in [-0.3, -0.25) is 9.36 Å². The third kappa shape index (κ3) is 4.06. The molecular formula is C19H19FN4OS2. The van der Waals surface area contributed by atoms with Crippen LogP contribution < -0.4 is 5.32 Å². The SMILES string of the molecule is C[C@@H](NC(=O)CSc1nnc(-c2ccccc2F)n1C1CC1)c1cccs1. The Morgan fingerprint density at radius 1 is 1.33 bits per heavy atom. The zero-order valence-corrected chi connectivity index (χ0v) is 16.4. The van der Waals surface area contributed by atoms with E-state index in [-0.39, 0.29) is 29.6 Å². The van der Waals surface area contributed by atoms with Crippen molar-refractivity contribution in [1.82, 2.24) is 20.1 Å². The predicted octanol–water partition coefficient (Wildman–Crippen LogP) is 4.45. The van der Waals surface area contributed by atoms with Crippen LogP contribution in [-0.2, 0) is 4.79 Å². The summed E-state index contributed by atoms with van der Waals surface area (Å²) in [6.07, 6.45) is 2.04. The van der Waals surface area contributed by atoms with Gasteiger partial charge in [-0.05, 0) is 43.3 Å². The number of hydrogen-bond donors (Lipinski definition) is 1. The van der Waals surface area contributed by atoms with Crippen LogP contribution in [0, 0.1) is 5.82 Å². The van der Waals surface area contributed by atoms with Crippen LogP contribution in [-0.4, -0.2) is 26.4 Å². The van der Waals surface area contributed by atoms with Crippen molar-refractivity contribution in [3.05, 3.63) is 52.5 Å². The Labute approximate surface area is 165 Å². The highest BCUT2D eigenvalue weighted by molar-refractivity contribution is 7.99. The van der Waals surface area contributed by atoms with Crippen LogP contribution in [0.2, 0.25) is 0 Å². The lowest BCUT2D eigenvalue weighted by molar-refractivity contribution is -0.119. The Morgan fingerprint density at radius 3 is 2.85 bits per heavy atom. The minimum absolute atomic E-state index is 0.0200. The van der Waals surface area contributed by atoms with E-state index in [9.17, 15) is 9.18 Å². The summed E-state index contributed by atoms with van der Waals surface area (Å²) in [7, 11) is 0. The van der Waals surface area contributed by atoms with E-state index in [1.807, 2.05) is 29.0 Å². The Hall–Kier alpha value is -2.19. The lowest BCUT2D eigenvalue weighted by Crippen LogP contribution is -2.27. The van der Waals surface area contributed by atoms with Gasteiger partial charge in [-0.1, -0.05) is 30.0 Å². The average molecular weight is 403 g/mol. The number of nitrogens with zero attached hydrogens (tertiary/aromatic N) is 3. The molecule has 0 unspecified atom stereocenters. The van der Waals surface area contributed by atoms with E-state index in [4.69, 9.17) is 0 Å². The van der Waals surface area contributed by atoms with Gasteiger partial charge in [-0.2, -0.15) is 0 Å². The summed E-state index contributed by atoms with van der Waals surface area (Å²) in [5.74, 6) is 0.410. The predicted molar refractivity (Wildman–Crippen MR) is 105 cm³/mol. The number of hydrogen-bond acceptors (Lipinski definition) is 5. The van der Waals surface area contributed by atoms with Crippen molar-refractivity contribution in [1.29, 1.82) is 0 Å². The molecule has 0 radical (unpaired) electrons. The highest BCUT2D eigenvalue weighted by Crippen LogP contribution is 2.41. The number of carbonyl (C=O) groups excluding carboxylic acids is 1. The number of halogens is 1. The van der Waals surface area contributed by atoms with E-state index in [0.717, 1.165) is 17.7 Å². The number of amides is 1. The highest BCUT2D eigenvalue weighted by atomic mass is 32.2. The zero-order chi connectivity index (χ0) is 18.8. The van der Waals surface area contributed by atoms with E-state index >= 15 is 0 Å². The van der Waals surface area contributed by atoms with Gasteiger partial charge in [0.1, 0.15) is 5.82 Å². The molecule has 4 rings (SSSR count). The number of thiophene rings is 1. The molecule has 2 heterocycles. The fourth-order valence-electron chi connectivity index (χ4n) is 2.89. The summed E-state index contributed by atoms with van der Waals surface area (Å²) >= 11 is 2.96. The number of carbonyl (C=O) groups is 1. The minimum Gasteiger partial charge on any atom is -0.348 e. The van der Waals surface area contributed by atoms with Gasteiger partial charge in [0.05, 0.1) is 17.4 Å². The molecule has 1 aromatic carbocycles. The van der Waals surface area contributed by atoms with E-state index in [1.54, 1.807) is 29.5 Å². The van der Waals surface area contributed by atoms with Crippen molar-refractivity contribution in [2.45, 2.75) is 37.0 Å². The summed E-state index contributed by atoms with van der Waals surface area (Å²) in [4.78, 5) is 13.4. The van der Waals surface area contributed by atoms with Gasteiger partial charge in [-0.25, -0.2) is 4.39 Å². The van der Waals surface area contributed by atoms with Crippen LogP contribution in [0.4, 0.5) is 4.39 Å². The molecule has 0 saturated heterocycles. The van der Waals surface area contributed by atoms with Crippen molar-refractivity contribution >= 4 is 29.0 Å². The largest absolute Gasteiger partial charge is 0.348 e. The zero-order valence-electron chi connectivity index (χ0n) is 14.8. The molecular weight excluding hydrogens is 383 g/mol. The van der Waals surface area contributed by atoms with Crippen molar-refractivity contribution in [3.8, 4) is 11.4 Å². The Bertz CT molecular complexity index is 937. The summed E-state index contributed by atoms with van der Waals surface area (Å²) in [6, 6.07) is 10.8. The molecule has 2 aromatic heterocycles. The number of aromatic nitrogens is 3. The summed E-state index contributed by atoms with van der Waals surface area (Å²) in [5.41, 5.74) is 0.444. The normalized spacial score (nSPS) is 14.9. The highest BCUT2D eigenvalue weighted by Gasteiger charge is 2.31. The monoisotopic (exact) mass is 402 g/mol. The van der Waals surface area contributed by atoms with Crippen molar-refractivity contribution < 1.29 is 9.18 Å². The first-order valence-electron chi connectivity index (χ1n) is 8.79. The second-order valence-corrected chi connectivity index (χ2v) is 8.40. The molecule has 1 atom stereocenters. The fraction of sp³-hybridized carbons (Fsp3) is 0.316. The van der Waals surface area contributed by atoms with Gasteiger partial charge < -0.3 is 5.32 Å². The molecule has 1 amide bonds. The van der Waals surface area contributed by atoms with Gasteiger partial charge in [0.25, 0.3) is 0 Å². The molecule has 1 aliphatic carbocycles. The Kier molecular flexibility index (Phi) is 5.27. The number of nitrogens with one attached hydrogen (secondary N) is 1. The molecule has 1 aliphatic rings. The summed E-state index contributed by atoms with van der Waals surface area (Å²) in [5, 5.41) is 14.1. The molecule has 1 fully saturated rings. The number of thioether (sulfide) groups is 1. The molecule has 5 nitrogen and oxygen atoms in total. The maximum Gasteiger partial charge on any atom is 0.230 e. The second kappa shape index (κ2) is 7.82. The Balaban J connectivity index is 1.47. The van der Waals surface area contributed by atoms with Crippen LogP contribution >= 0.6 is 23.1 Å². The summed E-state index contributed by atoms with van der Waals surface area (Å²) in [6.45, 7) is 1.97. The van der Waals surface area contributed by atoms with E-state index < -0.39 is 0 Å². The van der Waals surface area contributed by atoms with E-state index in [2.05, 4.69) is 15.5 Å². The van der Waals surface area contributed by atoms with Crippen LogP contribution in [0.1, 0.15) is 36.7 Å². The maximum atomic E-state index is 14.2. The molecule has 0 bridgehead atoms. The first kappa shape index (κ1) is 18.2. The Morgan fingerprint density at radius 2 is 2.15 bits per heavy atom. The van der Waals surface area contributed by atoms with Crippen molar-refractivity contribution in [2.75, 3.05) is 5.75 Å². The third-order valence-electron chi connectivity index (χ3n) is 4.37. The molecule has 0 spiro atoms. The molecule has 3 aromatic rings. The van der Waals surface area contributed by atoms with Crippen LogP contribution in [0.15, 0.2) is 46.9 Å². The summed E-state index contributed by atoms with van der Waals surface area (Å²) < 4.78 is 16.2. The van der Waals surface area contributed by atoms with Gasteiger partial charge in [0, 0.05) is 10.9 Å². The minimum atomic E-state index is -0.314. The lowest BCUT2D eigenvalue weighted by atomic mass is 10.2. The third-order valence-corrected chi connectivity index (χ3v) is 6.37. The molecule has 1 N–H and O–H groups in total. The lowest BCUT2D eigenvalue weighted by Gasteiger charge is -2.12. The molecule has 8 heteroatoms. The van der Waals surface area contributed by atoms with E-state index in [1.165, 1.54) is 17.8 Å².